The molecule has 0 bridgehead atoms. The normalized spacial score (nSPS) is 15.8. The second-order valence-electron chi connectivity index (χ2n) is 2.79. The third-order valence-electron chi connectivity index (χ3n) is 1.96. The van der Waals surface area contributed by atoms with Gasteiger partial charge in [-0.25, -0.2) is 0 Å². The summed E-state index contributed by atoms with van der Waals surface area (Å²) in [7, 11) is 0. The Hall–Kier alpha value is -1.32. The molecule has 0 N–H and O–H groups in total. The number of allylic oxidation sites excluding steroid dienone is 3. The fourth-order valence-electron chi connectivity index (χ4n) is 1.22. The van der Waals surface area contributed by atoms with E-state index in [-0.39, 0.29) is 0 Å². The molecule has 0 aromatic carbocycles. The van der Waals surface area contributed by atoms with Crippen molar-refractivity contribution in [2.24, 2.45) is 10.4 Å². The zero-order valence-electron chi connectivity index (χ0n) is 6.86. The van der Waals surface area contributed by atoms with Crippen LogP contribution in [0.3, 0.4) is 0 Å². The number of hydrogen-bond donors (Lipinski definition) is 0. The van der Waals surface area contributed by atoms with E-state index in [9.17, 15) is 9.81 Å². The van der Waals surface area contributed by atoms with Gasteiger partial charge in [-0.05, 0) is 23.7 Å². The van der Waals surface area contributed by atoms with Crippen molar-refractivity contribution in [2.75, 3.05) is 0 Å². The minimum atomic E-state index is -0.949. The van der Waals surface area contributed by atoms with Crippen LogP contribution in [0.15, 0.2) is 33.7 Å². The predicted molar refractivity (Wildman–Crippen MR) is 46.5 cm³/mol. The average Bonchev–Trinajstić information content (AvgIpc) is 2.47. The maximum absolute atomic E-state index is 10.0. The van der Waals surface area contributed by atoms with Crippen molar-refractivity contribution in [1.29, 1.82) is 0 Å². The zero-order chi connectivity index (χ0) is 8.97. The molecule has 4 nitrogen and oxygen atoms in total. The molecule has 0 fully saturated rings. The minimum Gasteiger partial charge on any atom is -0.148 e. The van der Waals surface area contributed by atoms with Crippen LogP contribution in [0.2, 0.25) is 0 Å². The molecule has 0 spiro atoms. The highest BCUT2D eigenvalue weighted by atomic mass is 16.3. The van der Waals surface area contributed by atoms with Gasteiger partial charge in [-0.3, -0.25) is 0 Å². The van der Waals surface area contributed by atoms with Crippen molar-refractivity contribution >= 4 is 0 Å². The molecule has 12 heavy (non-hydrogen) atoms. The van der Waals surface area contributed by atoms with Crippen LogP contribution in [0.25, 0.3) is 0 Å². The fourth-order valence-corrected chi connectivity index (χ4v) is 1.22. The Labute approximate surface area is 70.3 Å². The van der Waals surface area contributed by atoms with Crippen molar-refractivity contribution in [1.82, 2.24) is 0 Å². The van der Waals surface area contributed by atoms with Gasteiger partial charge in [0, 0.05) is 6.42 Å². The van der Waals surface area contributed by atoms with Crippen LogP contribution in [0.4, 0.5) is 0 Å². The molecule has 0 heterocycles. The second kappa shape index (κ2) is 3.90. The average molecular weight is 166 g/mol. The van der Waals surface area contributed by atoms with Crippen LogP contribution >= 0.6 is 0 Å². The standard InChI is InChI=1S/C8H10N2O2/c1-6-3-2-4-7(6)5-8(9-11)10-12/h2-3,8H,4-5H2,1H3. The van der Waals surface area contributed by atoms with Gasteiger partial charge >= 0.3 is 0 Å². The summed E-state index contributed by atoms with van der Waals surface area (Å²) in [5.74, 6) is 0. The van der Waals surface area contributed by atoms with Gasteiger partial charge in [0.2, 0.25) is 6.17 Å². The van der Waals surface area contributed by atoms with E-state index >= 15 is 0 Å². The summed E-state index contributed by atoms with van der Waals surface area (Å²) in [6.07, 6.45) is 4.20. The Morgan fingerprint density at radius 1 is 1.50 bits per heavy atom. The van der Waals surface area contributed by atoms with Gasteiger partial charge in [-0.15, -0.1) is 9.81 Å². The summed E-state index contributed by atoms with van der Waals surface area (Å²) in [6.45, 7) is 1.95. The summed E-state index contributed by atoms with van der Waals surface area (Å²) in [4.78, 5) is 20.1. The molecule has 1 aliphatic rings. The number of nitrogens with zero attached hydrogens (tertiary/aromatic N) is 2. The largest absolute Gasteiger partial charge is 0.226 e. The van der Waals surface area contributed by atoms with Crippen molar-refractivity contribution in [2.45, 2.75) is 25.9 Å². The van der Waals surface area contributed by atoms with Crippen LogP contribution in [0, 0.1) is 9.81 Å². The minimum absolute atomic E-state index is 0.367. The van der Waals surface area contributed by atoms with E-state index in [0.29, 0.717) is 6.42 Å². The van der Waals surface area contributed by atoms with Gasteiger partial charge in [-0.2, -0.15) is 0 Å². The summed E-state index contributed by atoms with van der Waals surface area (Å²) < 4.78 is 0. The molecule has 1 rings (SSSR count). The molecule has 1 aliphatic carbocycles. The van der Waals surface area contributed by atoms with E-state index in [4.69, 9.17) is 0 Å². The third kappa shape index (κ3) is 1.84. The quantitative estimate of drug-likeness (QED) is 0.602. The molecule has 0 atom stereocenters. The first-order valence-electron chi connectivity index (χ1n) is 3.78. The maximum atomic E-state index is 10.0. The topological polar surface area (TPSA) is 58.9 Å². The Kier molecular flexibility index (Phi) is 2.85. The Balaban J connectivity index is 2.57. The first kappa shape index (κ1) is 8.77. The molecule has 0 amide bonds. The van der Waals surface area contributed by atoms with E-state index in [2.05, 4.69) is 10.4 Å². The summed E-state index contributed by atoms with van der Waals surface area (Å²) in [6, 6.07) is 0. The Bertz CT molecular complexity index is 248. The summed E-state index contributed by atoms with van der Waals surface area (Å²) in [5.41, 5.74) is 2.20. The monoisotopic (exact) mass is 166 g/mol. The molecule has 0 saturated heterocycles. The van der Waals surface area contributed by atoms with Crippen LogP contribution in [0.5, 0.6) is 0 Å². The zero-order valence-corrected chi connectivity index (χ0v) is 6.86. The molecule has 64 valence electrons. The van der Waals surface area contributed by atoms with Crippen molar-refractivity contribution in [3.05, 3.63) is 33.1 Å². The molecule has 0 unspecified atom stereocenters. The highest BCUT2D eigenvalue weighted by molar-refractivity contribution is 5.32. The number of hydrogen-bond acceptors (Lipinski definition) is 4. The van der Waals surface area contributed by atoms with Crippen LogP contribution in [-0.4, -0.2) is 6.17 Å². The van der Waals surface area contributed by atoms with Crippen LogP contribution in [-0.2, 0) is 0 Å². The Morgan fingerprint density at radius 2 is 2.17 bits per heavy atom. The van der Waals surface area contributed by atoms with Crippen molar-refractivity contribution < 1.29 is 0 Å². The highest BCUT2D eigenvalue weighted by Gasteiger charge is 2.14. The van der Waals surface area contributed by atoms with E-state index in [1.165, 1.54) is 0 Å². The molecule has 4 heteroatoms. The van der Waals surface area contributed by atoms with Crippen LogP contribution < -0.4 is 0 Å². The van der Waals surface area contributed by atoms with Gasteiger partial charge in [0.15, 0.2) is 0 Å². The van der Waals surface area contributed by atoms with Crippen molar-refractivity contribution in [3.8, 4) is 0 Å². The highest BCUT2D eigenvalue weighted by Crippen LogP contribution is 2.23. The molecule has 0 radical (unpaired) electrons. The molecular formula is C8H10N2O2. The SMILES string of the molecule is CC1=C(CC(N=O)N=O)CC=C1. The Morgan fingerprint density at radius 3 is 2.58 bits per heavy atom. The van der Waals surface area contributed by atoms with Gasteiger partial charge in [-0.1, -0.05) is 23.3 Å². The molecule has 0 aromatic heterocycles. The number of rotatable bonds is 4. The summed E-state index contributed by atoms with van der Waals surface area (Å²) >= 11 is 0. The lowest BCUT2D eigenvalue weighted by molar-refractivity contribution is 0.682. The molecule has 0 aliphatic heterocycles. The van der Waals surface area contributed by atoms with Gasteiger partial charge in [0.25, 0.3) is 0 Å². The molecule has 0 aromatic rings. The number of nitroso groups, excluding NO2 is 2. The third-order valence-corrected chi connectivity index (χ3v) is 1.96. The lowest BCUT2D eigenvalue weighted by Crippen LogP contribution is -2.00. The van der Waals surface area contributed by atoms with Gasteiger partial charge in [0.05, 0.1) is 0 Å². The van der Waals surface area contributed by atoms with Gasteiger partial charge < -0.3 is 0 Å². The van der Waals surface area contributed by atoms with E-state index in [1.807, 2.05) is 19.1 Å². The molecular weight excluding hydrogens is 156 g/mol. The second-order valence-corrected chi connectivity index (χ2v) is 2.79. The van der Waals surface area contributed by atoms with E-state index in [1.54, 1.807) is 0 Å². The van der Waals surface area contributed by atoms with Crippen molar-refractivity contribution in [3.63, 3.8) is 0 Å². The maximum Gasteiger partial charge on any atom is 0.226 e. The smallest absolute Gasteiger partial charge is 0.148 e. The first-order valence-corrected chi connectivity index (χ1v) is 3.78. The fraction of sp³-hybridized carbons (Fsp3) is 0.500. The van der Waals surface area contributed by atoms with Gasteiger partial charge in [0.1, 0.15) is 0 Å². The van der Waals surface area contributed by atoms with E-state index in [0.717, 1.165) is 17.6 Å². The lowest BCUT2D eigenvalue weighted by atomic mass is 10.1. The van der Waals surface area contributed by atoms with Crippen LogP contribution in [0.1, 0.15) is 19.8 Å². The molecule has 0 saturated carbocycles. The lowest BCUT2D eigenvalue weighted by Gasteiger charge is -2.02. The predicted octanol–water partition coefficient (Wildman–Crippen LogP) is 2.51. The summed E-state index contributed by atoms with van der Waals surface area (Å²) in [5, 5.41) is 5.23. The van der Waals surface area contributed by atoms with E-state index < -0.39 is 6.17 Å². The first-order chi connectivity index (χ1) is 5.77.